The van der Waals surface area contributed by atoms with E-state index in [4.69, 9.17) is 9.68 Å². The number of nitrogens with zero attached hydrogens (tertiary/aromatic N) is 1. The lowest BCUT2D eigenvalue weighted by Gasteiger charge is -2.04. The van der Waals surface area contributed by atoms with Crippen LogP contribution in [0.25, 0.3) is 10.9 Å². The predicted octanol–water partition coefficient (Wildman–Crippen LogP) is 1.14. The van der Waals surface area contributed by atoms with E-state index in [1.807, 2.05) is 24.3 Å². The summed E-state index contributed by atoms with van der Waals surface area (Å²) in [5, 5.41) is 9.40. The fraction of sp³-hybridized carbons (Fsp3) is 0. The van der Waals surface area contributed by atoms with Crippen LogP contribution in [0.1, 0.15) is 0 Å². The summed E-state index contributed by atoms with van der Waals surface area (Å²) in [5.41, 5.74) is 0.849. The number of hydrogen-bond acceptors (Lipinski definition) is 3. The lowest BCUT2D eigenvalue weighted by Crippen LogP contribution is -2.00. The second-order valence-electron chi connectivity index (χ2n) is 2.55. The van der Waals surface area contributed by atoms with Gasteiger partial charge in [0.25, 0.3) is 0 Å². The molecule has 13 heavy (non-hydrogen) atoms. The monoisotopic (exact) mass is 172 g/mol. The van der Waals surface area contributed by atoms with Crippen molar-refractivity contribution in [1.82, 2.24) is 4.98 Å². The molecule has 0 amide bonds. The Balaban J connectivity index is 2.61. The highest BCUT2D eigenvalue weighted by molar-refractivity contribution is 6.18. The van der Waals surface area contributed by atoms with Gasteiger partial charge in [0.05, 0.1) is 5.52 Å². The van der Waals surface area contributed by atoms with Gasteiger partial charge in [0.1, 0.15) is 5.75 Å². The quantitative estimate of drug-likeness (QED) is 0.690. The summed E-state index contributed by atoms with van der Waals surface area (Å²) in [5.74, 6) is 0.605. The summed E-state index contributed by atoms with van der Waals surface area (Å²) in [7, 11) is 0.668. The first-order valence-electron chi connectivity index (χ1n) is 3.88. The highest BCUT2D eigenvalue weighted by Gasteiger charge is 2.01. The first-order chi connectivity index (χ1) is 6.42. The average Bonchev–Trinajstić information content (AvgIpc) is 2.19. The van der Waals surface area contributed by atoms with Crippen LogP contribution in [0, 0.1) is 0 Å². The SMILES string of the molecule is O[B]Oc1cccc2ncccc12. The minimum absolute atomic E-state index is 0.605. The second kappa shape index (κ2) is 3.45. The molecule has 0 fully saturated rings. The second-order valence-corrected chi connectivity index (χ2v) is 2.55. The Hall–Kier alpha value is -1.55. The zero-order valence-corrected chi connectivity index (χ0v) is 6.84. The lowest BCUT2D eigenvalue weighted by molar-refractivity contribution is 0.456. The molecule has 63 valence electrons. The number of pyridine rings is 1. The van der Waals surface area contributed by atoms with E-state index in [2.05, 4.69) is 4.98 Å². The molecular weight excluding hydrogens is 165 g/mol. The summed E-state index contributed by atoms with van der Waals surface area (Å²) in [6, 6.07) is 9.21. The molecule has 0 atom stereocenters. The van der Waals surface area contributed by atoms with E-state index in [9.17, 15) is 0 Å². The van der Waals surface area contributed by atoms with Crippen LogP contribution in [0.3, 0.4) is 0 Å². The van der Waals surface area contributed by atoms with Gasteiger partial charge in [0, 0.05) is 11.6 Å². The van der Waals surface area contributed by atoms with Gasteiger partial charge < -0.3 is 9.68 Å². The molecule has 4 heteroatoms. The largest absolute Gasteiger partial charge is 0.569 e. The topological polar surface area (TPSA) is 42.4 Å². The minimum atomic E-state index is 0.605. The summed E-state index contributed by atoms with van der Waals surface area (Å²) in [6.07, 6.45) is 1.72. The van der Waals surface area contributed by atoms with Crippen molar-refractivity contribution in [1.29, 1.82) is 0 Å². The standard InChI is InChI=1S/C9H7BNO2/c12-10-13-9-5-1-4-8-7(9)3-2-6-11-8/h1-6,12H. The van der Waals surface area contributed by atoms with E-state index in [1.165, 1.54) is 0 Å². The third-order valence-corrected chi connectivity index (χ3v) is 1.79. The van der Waals surface area contributed by atoms with Crippen LogP contribution >= 0.6 is 0 Å². The molecule has 0 saturated carbocycles. The average molecular weight is 172 g/mol. The smallest absolute Gasteiger partial charge is 0.537 e. The van der Waals surface area contributed by atoms with Gasteiger partial charge in [-0.05, 0) is 24.3 Å². The van der Waals surface area contributed by atoms with Crippen LogP contribution in [0.5, 0.6) is 5.75 Å². The van der Waals surface area contributed by atoms with Crippen molar-refractivity contribution in [3.05, 3.63) is 36.5 Å². The zero-order valence-electron chi connectivity index (χ0n) is 6.84. The molecule has 0 spiro atoms. The van der Waals surface area contributed by atoms with Crippen molar-refractivity contribution in [2.45, 2.75) is 0 Å². The van der Waals surface area contributed by atoms with Crippen molar-refractivity contribution in [2.75, 3.05) is 0 Å². The van der Waals surface area contributed by atoms with Crippen molar-refractivity contribution in [3.8, 4) is 5.75 Å². The first-order valence-corrected chi connectivity index (χ1v) is 3.88. The highest BCUT2D eigenvalue weighted by Crippen LogP contribution is 2.22. The van der Waals surface area contributed by atoms with Gasteiger partial charge >= 0.3 is 7.69 Å². The Kier molecular flexibility index (Phi) is 2.14. The van der Waals surface area contributed by atoms with Gasteiger partial charge in [0.15, 0.2) is 0 Å². The van der Waals surface area contributed by atoms with E-state index in [0.29, 0.717) is 13.4 Å². The fourth-order valence-electron chi connectivity index (χ4n) is 1.23. The summed E-state index contributed by atoms with van der Waals surface area (Å²) in [4.78, 5) is 4.15. The highest BCUT2D eigenvalue weighted by atomic mass is 16.5. The van der Waals surface area contributed by atoms with Gasteiger partial charge in [0.2, 0.25) is 0 Å². The normalized spacial score (nSPS) is 9.92. The number of fused-ring (bicyclic) bond motifs is 1. The molecule has 2 rings (SSSR count). The Labute approximate surface area is 76.3 Å². The van der Waals surface area contributed by atoms with Gasteiger partial charge in [-0.25, -0.2) is 0 Å². The number of aromatic nitrogens is 1. The summed E-state index contributed by atoms with van der Waals surface area (Å²) >= 11 is 0. The molecule has 3 nitrogen and oxygen atoms in total. The van der Waals surface area contributed by atoms with Gasteiger partial charge in [-0.1, -0.05) is 6.07 Å². The Morgan fingerprint density at radius 3 is 3.00 bits per heavy atom. The number of rotatable bonds is 2. The van der Waals surface area contributed by atoms with Crippen LogP contribution in [0.15, 0.2) is 36.5 Å². The third kappa shape index (κ3) is 1.48. The molecule has 0 saturated heterocycles. The Bertz CT molecular complexity index is 414. The molecule has 1 heterocycles. The van der Waals surface area contributed by atoms with E-state index >= 15 is 0 Å². The van der Waals surface area contributed by atoms with Gasteiger partial charge in [-0.2, -0.15) is 0 Å². The van der Waals surface area contributed by atoms with Crippen molar-refractivity contribution in [2.24, 2.45) is 0 Å². The van der Waals surface area contributed by atoms with Crippen LogP contribution in [-0.2, 0) is 0 Å². The molecule has 0 bridgehead atoms. The molecule has 1 N–H and O–H groups in total. The van der Waals surface area contributed by atoms with E-state index in [0.717, 1.165) is 10.9 Å². The third-order valence-electron chi connectivity index (χ3n) is 1.79. The minimum Gasteiger partial charge on any atom is -0.537 e. The van der Waals surface area contributed by atoms with E-state index in [1.54, 1.807) is 12.3 Å². The molecule has 1 aromatic carbocycles. The summed E-state index contributed by atoms with van der Waals surface area (Å²) < 4.78 is 4.91. The molecular formula is C9H7BNO2. The van der Waals surface area contributed by atoms with Crippen LogP contribution in [0.4, 0.5) is 0 Å². The lowest BCUT2D eigenvalue weighted by atomic mass is 10.2. The van der Waals surface area contributed by atoms with E-state index in [-0.39, 0.29) is 0 Å². The zero-order chi connectivity index (χ0) is 9.10. The van der Waals surface area contributed by atoms with Crippen molar-refractivity contribution < 1.29 is 9.68 Å². The van der Waals surface area contributed by atoms with Gasteiger partial charge in [-0.3, -0.25) is 4.98 Å². The van der Waals surface area contributed by atoms with Crippen LogP contribution in [0.2, 0.25) is 0 Å². The summed E-state index contributed by atoms with van der Waals surface area (Å²) in [6.45, 7) is 0. The van der Waals surface area contributed by atoms with Crippen molar-refractivity contribution >= 4 is 18.6 Å². The molecule has 1 radical (unpaired) electrons. The fourth-order valence-corrected chi connectivity index (χ4v) is 1.23. The first kappa shape index (κ1) is 8.07. The molecule has 0 unspecified atom stereocenters. The maximum absolute atomic E-state index is 8.51. The molecule has 2 aromatic rings. The number of hydrogen-bond donors (Lipinski definition) is 1. The maximum Gasteiger partial charge on any atom is 0.569 e. The number of benzene rings is 1. The molecule has 0 aliphatic heterocycles. The molecule has 0 aliphatic carbocycles. The van der Waals surface area contributed by atoms with Crippen LogP contribution in [-0.4, -0.2) is 17.7 Å². The Morgan fingerprint density at radius 2 is 2.15 bits per heavy atom. The predicted molar refractivity (Wildman–Crippen MR) is 50.3 cm³/mol. The van der Waals surface area contributed by atoms with Crippen LogP contribution < -0.4 is 4.65 Å². The van der Waals surface area contributed by atoms with Crippen molar-refractivity contribution in [3.63, 3.8) is 0 Å². The maximum atomic E-state index is 8.51. The molecule has 1 aromatic heterocycles. The Morgan fingerprint density at radius 1 is 1.23 bits per heavy atom. The van der Waals surface area contributed by atoms with E-state index < -0.39 is 0 Å². The molecule has 0 aliphatic rings. The van der Waals surface area contributed by atoms with Gasteiger partial charge in [-0.15, -0.1) is 0 Å².